The van der Waals surface area contributed by atoms with Gasteiger partial charge in [0, 0.05) is 37.1 Å². The van der Waals surface area contributed by atoms with Crippen LogP contribution in [0.2, 0.25) is 0 Å². The first-order chi connectivity index (χ1) is 18.7. The standard InChI is InChI=1S/C32H38NO.C5H8O2.Ir/c1-20-11-21(13-24(12-20)30(2,3)4)27-16-23-17-28(34-29(23)19-33-27)22-14-25(31(5,6)7)18-26(15-22)32(8,9)10;1-4(6)3-5(2)7;/h12-19H,1-10H3;3,6H,1-2H3;/q-1;;/b;4-3-;. The Kier molecular flexibility index (Phi) is 11.0. The molecule has 0 bridgehead atoms. The van der Waals surface area contributed by atoms with Crippen molar-refractivity contribution in [3.8, 4) is 22.6 Å². The maximum Gasteiger partial charge on any atom is 0.155 e. The summed E-state index contributed by atoms with van der Waals surface area (Å²) in [5.41, 5.74) is 9.13. The molecule has 0 amide bonds. The Bertz CT molecular complexity index is 1550. The van der Waals surface area contributed by atoms with Gasteiger partial charge in [0.2, 0.25) is 0 Å². The number of hydrogen-bond donors (Lipinski definition) is 1. The molecule has 2 aromatic heterocycles. The summed E-state index contributed by atoms with van der Waals surface area (Å²) in [7, 11) is 0. The van der Waals surface area contributed by atoms with Gasteiger partial charge in [-0.2, -0.15) is 0 Å². The average molecular weight is 745 g/mol. The van der Waals surface area contributed by atoms with E-state index < -0.39 is 0 Å². The normalized spacial score (nSPS) is 12.4. The van der Waals surface area contributed by atoms with Crippen LogP contribution in [0.3, 0.4) is 0 Å². The molecule has 42 heavy (non-hydrogen) atoms. The van der Waals surface area contributed by atoms with Crippen LogP contribution in [0.1, 0.15) is 98.4 Å². The van der Waals surface area contributed by atoms with Gasteiger partial charge < -0.3 is 14.5 Å². The smallest absolute Gasteiger partial charge is 0.155 e. The van der Waals surface area contributed by atoms with Crippen LogP contribution < -0.4 is 0 Å². The SMILES string of the molecule is CC(=O)/C=C(/C)O.Cc1[c-]c(-c2cc3cc(-c4cc(C(C)(C)C)cc(C(C)(C)C)c4)oc3cn2)cc(C(C)(C)C)c1.[Ir]. The van der Waals surface area contributed by atoms with E-state index in [0.29, 0.717) is 0 Å². The van der Waals surface area contributed by atoms with E-state index in [1.807, 2.05) is 6.20 Å². The molecule has 4 aromatic rings. The van der Waals surface area contributed by atoms with Crippen molar-refractivity contribution in [1.29, 1.82) is 0 Å². The van der Waals surface area contributed by atoms with E-state index in [9.17, 15) is 4.79 Å². The topological polar surface area (TPSA) is 63.3 Å². The quantitative estimate of drug-likeness (QED) is 0.129. The second kappa shape index (κ2) is 13.1. The Labute approximate surface area is 266 Å². The van der Waals surface area contributed by atoms with E-state index in [2.05, 4.69) is 118 Å². The molecule has 0 saturated carbocycles. The molecule has 0 aliphatic carbocycles. The first-order valence-corrected chi connectivity index (χ1v) is 14.2. The van der Waals surface area contributed by atoms with Gasteiger partial charge in [0.15, 0.2) is 11.4 Å². The zero-order valence-electron chi connectivity index (χ0n) is 27.2. The first-order valence-electron chi connectivity index (χ1n) is 14.2. The molecule has 0 spiro atoms. The number of aliphatic hydroxyl groups excluding tert-OH is 1. The molecule has 0 unspecified atom stereocenters. The number of allylic oxidation sites excluding steroid dienone is 2. The summed E-state index contributed by atoms with van der Waals surface area (Å²) < 4.78 is 6.31. The molecule has 0 saturated heterocycles. The predicted octanol–water partition coefficient (Wildman–Crippen LogP) is 10.2. The molecule has 0 fully saturated rings. The van der Waals surface area contributed by atoms with Crippen LogP contribution in [0, 0.1) is 13.0 Å². The predicted molar refractivity (Wildman–Crippen MR) is 172 cm³/mol. The minimum atomic E-state index is -0.125. The second-order valence-corrected chi connectivity index (χ2v) is 14.1. The number of aromatic nitrogens is 1. The molecule has 1 radical (unpaired) electrons. The molecular formula is C37H46IrNO3-. The monoisotopic (exact) mass is 745 g/mol. The summed E-state index contributed by atoms with van der Waals surface area (Å²) in [6, 6.07) is 19.1. The van der Waals surface area contributed by atoms with Crippen LogP contribution in [0.5, 0.6) is 0 Å². The minimum Gasteiger partial charge on any atom is -0.512 e. The van der Waals surface area contributed by atoms with E-state index in [1.54, 1.807) is 0 Å². The maximum absolute atomic E-state index is 10.0. The van der Waals surface area contributed by atoms with Gasteiger partial charge >= 0.3 is 0 Å². The van der Waals surface area contributed by atoms with Gasteiger partial charge in [-0.25, -0.2) is 0 Å². The number of rotatable bonds is 3. The number of aryl methyl sites for hydroxylation is 1. The summed E-state index contributed by atoms with van der Waals surface area (Å²) in [6.07, 6.45) is 3.01. The van der Waals surface area contributed by atoms with Crippen molar-refractivity contribution in [1.82, 2.24) is 4.98 Å². The van der Waals surface area contributed by atoms with E-state index in [-0.39, 0.29) is 47.9 Å². The zero-order chi connectivity index (χ0) is 30.9. The van der Waals surface area contributed by atoms with Crippen molar-refractivity contribution in [2.75, 3.05) is 0 Å². The zero-order valence-corrected chi connectivity index (χ0v) is 29.6. The van der Waals surface area contributed by atoms with Crippen molar-refractivity contribution in [3.63, 3.8) is 0 Å². The molecule has 0 aliphatic rings. The molecule has 0 aliphatic heterocycles. The molecule has 4 rings (SSSR count). The number of ketones is 1. The summed E-state index contributed by atoms with van der Waals surface area (Å²) in [4.78, 5) is 14.8. The van der Waals surface area contributed by atoms with Crippen LogP contribution in [0.15, 0.2) is 64.9 Å². The Morgan fingerprint density at radius 1 is 0.810 bits per heavy atom. The van der Waals surface area contributed by atoms with Gasteiger partial charge in [-0.1, -0.05) is 81.4 Å². The fourth-order valence-corrected chi connectivity index (χ4v) is 4.45. The van der Waals surface area contributed by atoms with Crippen molar-refractivity contribution in [2.24, 2.45) is 0 Å². The van der Waals surface area contributed by atoms with Gasteiger partial charge in [0.1, 0.15) is 5.76 Å². The van der Waals surface area contributed by atoms with E-state index >= 15 is 0 Å². The minimum absolute atomic E-state index is 0. The Hall–Kier alpha value is -3.01. The number of hydrogen-bond acceptors (Lipinski definition) is 4. The van der Waals surface area contributed by atoms with E-state index in [4.69, 9.17) is 14.5 Å². The maximum atomic E-state index is 10.0. The summed E-state index contributed by atoms with van der Waals surface area (Å²) >= 11 is 0. The number of carbonyl (C=O) groups excluding carboxylic acids is 1. The van der Waals surface area contributed by atoms with E-state index in [0.717, 1.165) is 39.1 Å². The van der Waals surface area contributed by atoms with Crippen molar-refractivity contribution in [2.45, 2.75) is 99.3 Å². The third kappa shape index (κ3) is 9.24. The third-order valence-electron chi connectivity index (χ3n) is 6.91. The molecule has 227 valence electrons. The molecule has 5 heteroatoms. The summed E-state index contributed by atoms with van der Waals surface area (Å²) in [5, 5.41) is 9.42. The molecule has 0 atom stereocenters. The number of aliphatic hydroxyl groups is 1. The van der Waals surface area contributed by atoms with Crippen molar-refractivity contribution in [3.05, 3.63) is 88.8 Å². The fourth-order valence-electron chi connectivity index (χ4n) is 4.45. The number of pyridine rings is 1. The van der Waals surface area contributed by atoms with E-state index in [1.165, 1.54) is 36.6 Å². The fraction of sp³-hybridized carbons (Fsp3) is 0.405. The van der Waals surface area contributed by atoms with Gasteiger partial charge in [-0.05, 0) is 65.1 Å². The summed E-state index contributed by atoms with van der Waals surface area (Å²) in [5.74, 6) is 0.821. The number of nitrogens with zero attached hydrogens (tertiary/aromatic N) is 1. The molecule has 4 nitrogen and oxygen atoms in total. The molecular weight excluding hydrogens is 699 g/mol. The summed E-state index contributed by atoms with van der Waals surface area (Å²) in [6.45, 7) is 25.2. The van der Waals surface area contributed by atoms with Crippen molar-refractivity contribution < 1.29 is 34.4 Å². The number of carbonyl (C=O) groups is 1. The Morgan fingerprint density at radius 2 is 1.33 bits per heavy atom. The van der Waals surface area contributed by atoms with Gasteiger partial charge in [0.05, 0.1) is 12.0 Å². The van der Waals surface area contributed by atoms with Gasteiger partial charge in [-0.15, -0.1) is 34.9 Å². The Morgan fingerprint density at radius 3 is 1.79 bits per heavy atom. The molecule has 2 aromatic carbocycles. The largest absolute Gasteiger partial charge is 0.512 e. The Balaban J connectivity index is 0.000000687. The molecule has 1 N–H and O–H groups in total. The average Bonchev–Trinajstić information content (AvgIpc) is 3.25. The number of furan rings is 1. The van der Waals surface area contributed by atoms with Crippen LogP contribution in [-0.2, 0) is 41.1 Å². The second-order valence-electron chi connectivity index (χ2n) is 14.1. The number of benzene rings is 2. The van der Waals surface area contributed by atoms with Crippen molar-refractivity contribution >= 4 is 16.8 Å². The van der Waals surface area contributed by atoms with Crippen LogP contribution in [-0.4, -0.2) is 15.9 Å². The first kappa shape index (κ1) is 35.2. The van der Waals surface area contributed by atoms with Crippen LogP contribution >= 0.6 is 0 Å². The van der Waals surface area contributed by atoms with Crippen LogP contribution in [0.4, 0.5) is 0 Å². The van der Waals surface area contributed by atoms with Crippen LogP contribution in [0.25, 0.3) is 33.6 Å². The molecule has 2 heterocycles. The van der Waals surface area contributed by atoms with Gasteiger partial charge in [-0.3, -0.25) is 4.79 Å². The third-order valence-corrected chi connectivity index (χ3v) is 6.91. The number of fused-ring (bicyclic) bond motifs is 1. The van der Waals surface area contributed by atoms with Gasteiger partial charge in [0.25, 0.3) is 0 Å².